The number of unbranched alkanes of at least 4 members (excludes halogenated alkanes) is 7. The Balaban J connectivity index is 1.45. The van der Waals surface area contributed by atoms with Crippen LogP contribution < -0.4 is 4.74 Å². The second-order valence-electron chi connectivity index (χ2n) is 12.1. The molecule has 8 heteroatoms. The molecule has 0 radical (unpaired) electrons. The van der Waals surface area contributed by atoms with Crippen molar-refractivity contribution in [3.05, 3.63) is 29.8 Å². The number of esters is 2. The zero-order valence-corrected chi connectivity index (χ0v) is 24.8. The number of ether oxygens (including phenoxy) is 4. The molecule has 0 N–H and O–H groups in total. The monoisotopic (exact) mass is 548 g/mol. The molecule has 2 saturated heterocycles. The van der Waals surface area contributed by atoms with Crippen molar-refractivity contribution in [3.8, 4) is 5.75 Å². The van der Waals surface area contributed by atoms with Crippen LogP contribution in [0.1, 0.15) is 105 Å². The van der Waals surface area contributed by atoms with E-state index in [1.807, 2.05) is 19.1 Å². The predicted octanol–water partition coefficient (Wildman–Crippen LogP) is 6.64. The fourth-order valence-electron chi connectivity index (χ4n) is 6.20. The number of fused-ring (bicyclic) bond motifs is 1. The lowest BCUT2D eigenvalue weighted by atomic mass is 9.57. The summed E-state index contributed by atoms with van der Waals surface area (Å²) >= 11 is 0. The minimum atomic E-state index is -1.12. The van der Waals surface area contributed by atoms with Gasteiger partial charge in [-0.05, 0) is 31.9 Å². The summed E-state index contributed by atoms with van der Waals surface area (Å²) in [4.78, 5) is 34.7. The number of hydrogen-bond acceptors (Lipinski definition) is 8. The number of carbonyl (C=O) groups is 2. The Kier molecular flexibility index (Phi) is 11.0. The highest BCUT2D eigenvalue weighted by atomic mass is 17.3. The molecule has 0 aliphatic carbocycles. The van der Waals surface area contributed by atoms with Gasteiger partial charge in [-0.3, -0.25) is 9.59 Å². The van der Waals surface area contributed by atoms with E-state index in [0.717, 1.165) is 37.7 Å². The molecule has 0 saturated carbocycles. The maximum absolute atomic E-state index is 11.5. The van der Waals surface area contributed by atoms with Gasteiger partial charge >= 0.3 is 11.9 Å². The third-order valence-corrected chi connectivity index (χ3v) is 7.95. The Morgan fingerprint density at radius 1 is 0.974 bits per heavy atom. The summed E-state index contributed by atoms with van der Waals surface area (Å²) in [6.45, 7) is 13.9. The number of carbonyl (C=O) groups excluding carboxylic acids is 2. The largest absolute Gasteiger partial charge is 0.466 e. The van der Waals surface area contributed by atoms with Gasteiger partial charge in [-0.15, -0.1) is 0 Å². The van der Waals surface area contributed by atoms with Crippen LogP contribution in [0, 0.1) is 10.8 Å². The number of hydrogen-bond donors (Lipinski definition) is 0. The quantitative estimate of drug-likeness (QED) is 0.0926. The minimum Gasteiger partial charge on any atom is -0.466 e. The summed E-state index contributed by atoms with van der Waals surface area (Å²) < 4.78 is 22.8. The van der Waals surface area contributed by atoms with Gasteiger partial charge in [-0.25, -0.2) is 4.89 Å². The van der Waals surface area contributed by atoms with Gasteiger partial charge in [-0.1, -0.05) is 78.4 Å². The van der Waals surface area contributed by atoms with Crippen molar-refractivity contribution in [2.75, 3.05) is 26.4 Å². The van der Waals surface area contributed by atoms with Crippen molar-refractivity contribution in [2.24, 2.45) is 10.8 Å². The van der Waals surface area contributed by atoms with Crippen LogP contribution in [-0.2, 0) is 39.4 Å². The number of benzene rings is 1. The molecule has 2 fully saturated rings. The summed E-state index contributed by atoms with van der Waals surface area (Å²) in [6.07, 6.45) is 9.44. The molecular formula is C31H48O8. The predicted molar refractivity (Wildman–Crippen MR) is 147 cm³/mol. The average molecular weight is 549 g/mol. The molecule has 2 unspecified atom stereocenters. The van der Waals surface area contributed by atoms with Crippen molar-refractivity contribution in [1.82, 2.24) is 0 Å². The van der Waals surface area contributed by atoms with Gasteiger partial charge in [0.25, 0.3) is 5.79 Å². The SMILES string of the molecule is CCOC(=O)CCCCCCCCCCOCC(C)(C)C12OOC1(c1cccc(OC(C)=O)c1)OCC2(C)C. The van der Waals surface area contributed by atoms with E-state index in [4.69, 9.17) is 28.7 Å². The molecule has 1 aromatic carbocycles. The van der Waals surface area contributed by atoms with Crippen molar-refractivity contribution < 1.29 is 38.3 Å². The van der Waals surface area contributed by atoms with Crippen molar-refractivity contribution in [2.45, 2.75) is 111 Å². The first-order valence-electron chi connectivity index (χ1n) is 14.5. The van der Waals surface area contributed by atoms with Crippen LogP contribution in [0.2, 0.25) is 0 Å². The van der Waals surface area contributed by atoms with Gasteiger partial charge in [0.15, 0.2) is 5.60 Å². The van der Waals surface area contributed by atoms with E-state index in [9.17, 15) is 9.59 Å². The van der Waals surface area contributed by atoms with Gasteiger partial charge in [0.1, 0.15) is 5.75 Å². The van der Waals surface area contributed by atoms with Gasteiger partial charge in [0.05, 0.1) is 19.8 Å². The summed E-state index contributed by atoms with van der Waals surface area (Å²) in [7, 11) is 0. The standard InChI is InChI=1S/C31H48O8/c1-7-35-27(33)19-14-12-10-8-9-11-13-15-20-34-22-28(3,4)31-29(5,6)23-36-30(31,38-39-31)25-17-16-18-26(21-25)37-24(2)32/h16-18,21H,7-15,19-20,22-23H2,1-6H3. The van der Waals surface area contributed by atoms with Crippen LogP contribution in [0.3, 0.4) is 0 Å². The Morgan fingerprint density at radius 3 is 2.26 bits per heavy atom. The van der Waals surface area contributed by atoms with E-state index in [1.54, 1.807) is 12.1 Å². The molecular weight excluding hydrogens is 500 g/mol. The van der Waals surface area contributed by atoms with Crippen LogP contribution in [0.25, 0.3) is 0 Å². The zero-order chi connectivity index (χ0) is 28.6. The Labute approximate surface area is 233 Å². The van der Waals surface area contributed by atoms with E-state index in [0.29, 0.717) is 38.6 Å². The Hall–Kier alpha value is -2.00. The fraction of sp³-hybridized carbons (Fsp3) is 0.742. The molecule has 2 aliphatic rings. The molecule has 39 heavy (non-hydrogen) atoms. The molecule has 0 amide bonds. The van der Waals surface area contributed by atoms with E-state index in [2.05, 4.69) is 27.7 Å². The van der Waals surface area contributed by atoms with Crippen LogP contribution in [0.4, 0.5) is 0 Å². The molecule has 8 nitrogen and oxygen atoms in total. The Bertz CT molecular complexity index is 958. The number of rotatable bonds is 17. The molecule has 0 aromatic heterocycles. The lowest BCUT2D eigenvalue weighted by molar-refractivity contribution is -0.628. The Morgan fingerprint density at radius 2 is 1.64 bits per heavy atom. The van der Waals surface area contributed by atoms with Crippen LogP contribution in [0.5, 0.6) is 5.75 Å². The van der Waals surface area contributed by atoms with Gasteiger partial charge < -0.3 is 18.9 Å². The lowest BCUT2D eigenvalue weighted by Crippen LogP contribution is -2.74. The molecule has 2 heterocycles. The highest BCUT2D eigenvalue weighted by molar-refractivity contribution is 5.69. The topological polar surface area (TPSA) is 89.5 Å². The highest BCUT2D eigenvalue weighted by Gasteiger charge is 2.82. The molecule has 0 spiro atoms. The van der Waals surface area contributed by atoms with Crippen LogP contribution in [0.15, 0.2) is 24.3 Å². The molecule has 3 rings (SSSR count). The molecule has 220 valence electrons. The van der Waals surface area contributed by atoms with E-state index < -0.39 is 16.8 Å². The molecule has 2 atom stereocenters. The summed E-state index contributed by atoms with van der Waals surface area (Å²) in [5.41, 5.74) is -0.834. The van der Waals surface area contributed by atoms with Crippen molar-refractivity contribution >= 4 is 11.9 Å². The normalized spacial score (nSPS) is 23.6. The summed E-state index contributed by atoms with van der Waals surface area (Å²) in [5, 5.41) is 0. The van der Waals surface area contributed by atoms with Crippen LogP contribution in [-0.4, -0.2) is 44.0 Å². The third-order valence-electron chi connectivity index (χ3n) is 7.95. The first-order chi connectivity index (χ1) is 18.5. The first kappa shape index (κ1) is 31.5. The smallest absolute Gasteiger partial charge is 0.308 e. The fourth-order valence-corrected chi connectivity index (χ4v) is 6.20. The third kappa shape index (κ3) is 6.84. The summed E-state index contributed by atoms with van der Waals surface area (Å²) in [6, 6.07) is 7.28. The van der Waals surface area contributed by atoms with E-state index >= 15 is 0 Å². The maximum atomic E-state index is 11.5. The highest BCUT2D eigenvalue weighted by Crippen LogP contribution is 2.69. The van der Waals surface area contributed by atoms with Crippen LogP contribution >= 0.6 is 0 Å². The second kappa shape index (κ2) is 13.6. The van der Waals surface area contributed by atoms with Crippen molar-refractivity contribution in [3.63, 3.8) is 0 Å². The molecule has 0 bridgehead atoms. The van der Waals surface area contributed by atoms with E-state index in [-0.39, 0.29) is 17.4 Å². The minimum absolute atomic E-state index is 0.0835. The van der Waals surface area contributed by atoms with E-state index in [1.165, 1.54) is 26.2 Å². The molecule has 1 aromatic rings. The van der Waals surface area contributed by atoms with Gasteiger partial charge in [0.2, 0.25) is 0 Å². The molecule has 2 aliphatic heterocycles. The maximum Gasteiger partial charge on any atom is 0.308 e. The second-order valence-corrected chi connectivity index (χ2v) is 12.1. The summed E-state index contributed by atoms with van der Waals surface area (Å²) in [5.74, 6) is -1.14. The van der Waals surface area contributed by atoms with Gasteiger partial charge in [0, 0.05) is 36.3 Å². The average Bonchev–Trinajstić information content (AvgIpc) is 3.00. The lowest BCUT2D eigenvalue weighted by Gasteiger charge is -2.61. The van der Waals surface area contributed by atoms with Crippen molar-refractivity contribution in [1.29, 1.82) is 0 Å². The zero-order valence-electron chi connectivity index (χ0n) is 24.8. The van der Waals surface area contributed by atoms with Gasteiger partial charge in [-0.2, -0.15) is 4.89 Å². The first-order valence-corrected chi connectivity index (χ1v) is 14.5.